The summed E-state index contributed by atoms with van der Waals surface area (Å²) in [6, 6.07) is 9.69. The highest BCUT2D eigenvalue weighted by molar-refractivity contribution is 6.34. The fourth-order valence-electron chi connectivity index (χ4n) is 3.50. The van der Waals surface area contributed by atoms with Crippen LogP contribution in [0.5, 0.6) is 5.75 Å². The van der Waals surface area contributed by atoms with Crippen LogP contribution in [0.25, 0.3) is 0 Å². The molecule has 2 amide bonds. The summed E-state index contributed by atoms with van der Waals surface area (Å²) in [5, 5.41) is 3.74. The molecule has 0 unspecified atom stereocenters. The van der Waals surface area contributed by atoms with Gasteiger partial charge in [0.25, 0.3) is 0 Å². The highest BCUT2D eigenvalue weighted by Gasteiger charge is 2.37. The Bertz CT molecular complexity index is 1050. The van der Waals surface area contributed by atoms with E-state index in [1.807, 2.05) is 32.0 Å². The van der Waals surface area contributed by atoms with Gasteiger partial charge in [0.2, 0.25) is 0 Å². The molecule has 0 radical (unpaired) electrons. The van der Waals surface area contributed by atoms with Crippen LogP contribution < -0.4 is 10.1 Å². The van der Waals surface area contributed by atoms with E-state index >= 15 is 0 Å². The number of hydrogen-bond acceptors (Lipinski definition) is 4. The van der Waals surface area contributed by atoms with Crippen molar-refractivity contribution in [3.8, 4) is 5.75 Å². The summed E-state index contributed by atoms with van der Waals surface area (Å²) >= 11 is 12.2. The third-order valence-corrected chi connectivity index (χ3v) is 5.61. The number of carbonyl (C=O) groups excluding carboxylic acids is 2. The van der Waals surface area contributed by atoms with E-state index in [9.17, 15) is 9.59 Å². The Morgan fingerprint density at radius 1 is 1.16 bits per heavy atom. The van der Waals surface area contributed by atoms with E-state index in [0.29, 0.717) is 27.1 Å². The van der Waals surface area contributed by atoms with Gasteiger partial charge in [-0.25, -0.2) is 9.59 Å². The zero-order valence-electron chi connectivity index (χ0n) is 17.8. The maximum absolute atomic E-state index is 13.0. The van der Waals surface area contributed by atoms with Gasteiger partial charge in [0.1, 0.15) is 12.4 Å². The van der Waals surface area contributed by atoms with Crippen LogP contribution in [0.3, 0.4) is 0 Å². The molecule has 0 aromatic heterocycles. The summed E-state index contributed by atoms with van der Waals surface area (Å²) in [5.41, 5.74) is 3.56. The predicted molar refractivity (Wildman–Crippen MR) is 121 cm³/mol. The van der Waals surface area contributed by atoms with Crippen molar-refractivity contribution in [2.24, 2.45) is 0 Å². The summed E-state index contributed by atoms with van der Waals surface area (Å²) in [5.74, 6) is -0.164. The molecule has 0 spiro atoms. The second-order valence-corrected chi connectivity index (χ2v) is 8.09. The molecule has 8 heteroatoms. The van der Waals surface area contributed by atoms with Crippen LogP contribution >= 0.6 is 23.2 Å². The standard InChI is InChI=1S/C23H24Cl2N2O4/c1-5-30-22(28)20-18(12-31-19-11-15(24)7-9-17(19)25)27(4)23(29)26-21(20)16-8-6-13(2)10-14(16)3/h6-11,21H,5,12H2,1-4H3,(H,26,29)/t21-/m1/s1. The van der Waals surface area contributed by atoms with Crippen LogP contribution in [0, 0.1) is 13.8 Å². The van der Waals surface area contributed by atoms with Gasteiger partial charge in [-0.1, -0.05) is 47.0 Å². The first kappa shape index (κ1) is 23.0. The molecular weight excluding hydrogens is 439 g/mol. The number of rotatable bonds is 6. The number of nitrogens with zero attached hydrogens (tertiary/aromatic N) is 1. The lowest BCUT2D eigenvalue weighted by molar-refractivity contribution is -0.139. The third kappa shape index (κ3) is 4.97. The zero-order valence-corrected chi connectivity index (χ0v) is 19.3. The van der Waals surface area contributed by atoms with E-state index in [4.69, 9.17) is 32.7 Å². The summed E-state index contributed by atoms with van der Waals surface area (Å²) in [4.78, 5) is 27.1. The van der Waals surface area contributed by atoms with Gasteiger partial charge in [-0.2, -0.15) is 0 Å². The molecular formula is C23H24Cl2N2O4. The number of carbonyl (C=O) groups is 2. The molecule has 3 rings (SSSR count). The van der Waals surface area contributed by atoms with Crippen molar-refractivity contribution in [3.05, 3.63) is 74.4 Å². The van der Waals surface area contributed by atoms with E-state index < -0.39 is 12.0 Å². The molecule has 1 N–H and O–H groups in total. The van der Waals surface area contributed by atoms with Gasteiger partial charge in [-0.15, -0.1) is 0 Å². The van der Waals surface area contributed by atoms with Crippen LogP contribution in [0.15, 0.2) is 47.7 Å². The highest BCUT2D eigenvalue weighted by atomic mass is 35.5. The molecule has 2 aromatic carbocycles. The molecule has 31 heavy (non-hydrogen) atoms. The fraction of sp³-hybridized carbons (Fsp3) is 0.304. The second kappa shape index (κ2) is 9.62. The van der Waals surface area contributed by atoms with Gasteiger partial charge in [0, 0.05) is 18.1 Å². The van der Waals surface area contributed by atoms with Gasteiger partial charge >= 0.3 is 12.0 Å². The second-order valence-electron chi connectivity index (χ2n) is 7.25. The molecule has 0 bridgehead atoms. The van der Waals surface area contributed by atoms with E-state index in [1.54, 1.807) is 32.2 Å². The van der Waals surface area contributed by atoms with Gasteiger partial charge in [0.05, 0.1) is 28.9 Å². The molecule has 1 aliphatic heterocycles. The molecule has 1 aliphatic rings. The third-order valence-electron chi connectivity index (χ3n) is 5.07. The lowest BCUT2D eigenvalue weighted by atomic mass is 9.91. The van der Waals surface area contributed by atoms with Crippen LogP contribution in [-0.2, 0) is 9.53 Å². The highest BCUT2D eigenvalue weighted by Crippen LogP contribution is 2.34. The number of esters is 1. The average molecular weight is 463 g/mol. The van der Waals surface area contributed by atoms with Crippen molar-refractivity contribution in [1.29, 1.82) is 0 Å². The number of halogens is 2. The number of benzene rings is 2. The molecule has 0 fully saturated rings. The summed E-state index contributed by atoms with van der Waals surface area (Å²) in [6.07, 6.45) is 0. The van der Waals surface area contributed by atoms with Crippen molar-refractivity contribution >= 4 is 35.2 Å². The SMILES string of the molecule is CCOC(=O)C1=C(COc2cc(Cl)ccc2Cl)N(C)C(=O)N[C@@H]1c1ccc(C)cc1C. The van der Waals surface area contributed by atoms with Crippen molar-refractivity contribution in [2.75, 3.05) is 20.3 Å². The van der Waals surface area contributed by atoms with Crippen LogP contribution in [0.4, 0.5) is 4.79 Å². The molecule has 0 saturated heterocycles. The van der Waals surface area contributed by atoms with Crippen LogP contribution in [0.1, 0.15) is 29.7 Å². The Hall–Kier alpha value is -2.70. The normalized spacial score (nSPS) is 16.3. The quantitative estimate of drug-likeness (QED) is 0.598. The monoisotopic (exact) mass is 462 g/mol. The van der Waals surface area contributed by atoms with Gasteiger partial charge < -0.3 is 14.8 Å². The average Bonchev–Trinajstić information content (AvgIpc) is 2.71. The number of aryl methyl sites for hydroxylation is 2. The number of ether oxygens (including phenoxy) is 2. The molecule has 1 heterocycles. The zero-order chi connectivity index (χ0) is 22.7. The van der Waals surface area contributed by atoms with E-state index in [2.05, 4.69) is 5.32 Å². The van der Waals surface area contributed by atoms with Crippen molar-refractivity contribution < 1.29 is 19.1 Å². The minimum absolute atomic E-state index is 0.0699. The molecule has 0 saturated carbocycles. The van der Waals surface area contributed by atoms with Gasteiger partial charge in [-0.05, 0) is 44.0 Å². The number of urea groups is 1. The summed E-state index contributed by atoms with van der Waals surface area (Å²) < 4.78 is 11.2. The van der Waals surface area contributed by atoms with Crippen molar-refractivity contribution in [3.63, 3.8) is 0 Å². The number of amides is 2. The molecule has 164 valence electrons. The minimum Gasteiger partial charge on any atom is -0.486 e. The largest absolute Gasteiger partial charge is 0.486 e. The number of hydrogen-bond donors (Lipinski definition) is 1. The van der Waals surface area contributed by atoms with E-state index in [0.717, 1.165) is 16.7 Å². The van der Waals surface area contributed by atoms with Gasteiger partial charge in [-0.3, -0.25) is 4.90 Å². The Morgan fingerprint density at radius 3 is 2.58 bits per heavy atom. The Labute approximate surface area is 191 Å². The smallest absolute Gasteiger partial charge is 0.338 e. The molecule has 6 nitrogen and oxygen atoms in total. The molecule has 1 atom stereocenters. The fourth-order valence-corrected chi connectivity index (χ4v) is 3.83. The van der Waals surface area contributed by atoms with Crippen molar-refractivity contribution in [1.82, 2.24) is 10.2 Å². The maximum Gasteiger partial charge on any atom is 0.338 e. The first-order chi connectivity index (χ1) is 14.7. The predicted octanol–water partition coefficient (Wildman–Crippen LogP) is 5.20. The number of likely N-dealkylation sites (N-methyl/N-ethyl adjacent to an activating group) is 1. The lowest BCUT2D eigenvalue weighted by Gasteiger charge is -2.35. The van der Waals surface area contributed by atoms with Crippen LogP contribution in [-0.4, -0.2) is 37.2 Å². The Kier molecular flexibility index (Phi) is 7.13. The molecule has 0 aliphatic carbocycles. The summed E-state index contributed by atoms with van der Waals surface area (Å²) in [7, 11) is 1.57. The maximum atomic E-state index is 13.0. The molecule has 2 aromatic rings. The number of nitrogens with one attached hydrogen (secondary N) is 1. The van der Waals surface area contributed by atoms with E-state index in [1.165, 1.54) is 4.90 Å². The minimum atomic E-state index is -0.670. The van der Waals surface area contributed by atoms with Crippen LogP contribution in [0.2, 0.25) is 10.0 Å². The van der Waals surface area contributed by atoms with E-state index in [-0.39, 0.29) is 19.2 Å². The Balaban J connectivity index is 2.08. The summed E-state index contributed by atoms with van der Waals surface area (Å²) in [6.45, 7) is 5.79. The first-order valence-electron chi connectivity index (χ1n) is 9.82. The lowest BCUT2D eigenvalue weighted by Crippen LogP contribution is -2.48. The van der Waals surface area contributed by atoms with Crippen molar-refractivity contribution in [2.45, 2.75) is 26.8 Å². The van der Waals surface area contributed by atoms with Gasteiger partial charge in [0.15, 0.2) is 0 Å². The Morgan fingerprint density at radius 2 is 1.90 bits per heavy atom. The topological polar surface area (TPSA) is 67.9 Å². The first-order valence-corrected chi connectivity index (χ1v) is 10.6.